The first-order chi connectivity index (χ1) is 10.4. The topological polar surface area (TPSA) is 87.2 Å². The summed E-state index contributed by atoms with van der Waals surface area (Å²) in [5.41, 5.74) is 0.808. The minimum absolute atomic E-state index is 0.142. The van der Waals surface area contributed by atoms with E-state index in [9.17, 15) is 8.42 Å². The van der Waals surface area contributed by atoms with E-state index < -0.39 is 10.2 Å². The van der Waals surface area contributed by atoms with E-state index in [1.54, 1.807) is 12.4 Å². The van der Waals surface area contributed by atoms with E-state index in [2.05, 4.69) is 20.0 Å². The van der Waals surface area contributed by atoms with Crippen LogP contribution in [0.5, 0.6) is 0 Å². The quantitative estimate of drug-likeness (QED) is 0.784. The molecule has 1 aromatic heterocycles. The Morgan fingerprint density at radius 1 is 1.27 bits per heavy atom. The summed E-state index contributed by atoms with van der Waals surface area (Å²) >= 11 is 0. The first kappa shape index (κ1) is 17.1. The van der Waals surface area contributed by atoms with Crippen LogP contribution >= 0.6 is 0 Å². The maximum Gasteiger partial charge on any atom is 0.279 e. The Bertz CT molecular complexity index is 585. The molecule has 22 heavy (non-hydrogen) atoms. The number of nitrogens with zero attached hydrogens (tertiary/aromatic N) is 3. The SMILES string of the molecule is Cc1nccnc1NCC(NS(=O)(=O)N(C)C)C1CCCC1. The highest BCUT2D eigenvalue weighted by Gasteiger charge is 2.29. The van der Waals surface area contributed by atoms with E-state index in [4.69, 9.17) is 0 Å². The third kappa shape index (κ3) is 4.37. The first-order valence-corrected chi connectivity index (χ1v) is 9.05. The van der Waals surface area contributed by atoms with Crippen molar-refractivity contribution in [2.45, 2.75) is 38.6 Å². The average Bonchev–Trinajstić information content (AvgIpc) is 2.98. The van der Waals surface area contributed by atoms with Crippen molar-refractivity contribution in [2.75, 3.05) is 26.0 Å². The molecule has 2 rings (SSSR count). The summed E-state index contributed by atoms with van der Waals surface area (Å²) in [5, 5.41) is 3.23. The molecule has 1 heterocycles. The molecule has 0 aromatic carbocycles. The zero-order chi connectivity index (χ0) is 16.2. The Morgan fingerprint density at radius 3 is 2.50 bits per heavy atom. The van der Waals surface area contributed by atoms with Crippen LogP contribution in [0.2, 0.25) is 0 Å². The first-order valence-electron chi connectivity index (χ1n) is 7.61. The van der Waals surface area contributed by atoms with Crippen molar-refractivity contribution in [1.82, 2.24) is 19.0 Å². The molecular formula is C14H25N5O2S. The molecule has 1 fully saturated rings. The fourth-order valence-electron chi connectivity index (χ4n) is 2.75. The second-order valence-corrected chi connectivity index (χ2v) is 7.84. The van der Waals surface area contributed by atoms with Crippen LogP contribution in [0.3, 0.4) is 0 Å². The molecule has 0 saturated heterocycles. The fourth-order valence-corrected chi connectivity index (χ4v) is 3.62. The van der Waals surface area contributed by atoms with Gasteiger partial charge in [0.25, 0.3) is 10.2 Å². The lowest BCUT2D eigenvalue weighted by atomic mass is 9.99. The van der Waals surface area contributed by atoms with Crippen LogP contribution in [0, 0.1) is 12.8 Å². The molecule has 0 amide bonds. The van der Waals surface area contributed by atoms with Gasteiger partial charge in [-0.1, -0.05) is 12.8 Å². The third-order valence-corrected chi connectivity index (χ3v) is 5.68. The van der Waals surface area contributed by atoms with Gasteiger partial charge in [0.05, 0.1) is 5.69 Å². The van der Waals surface area contributed by atoms with Gasteiger partial charge in [0.2, 0.25) is 0 Å². The van der Waals surface area contributed by atoms with Crippen molar-refractivity contribution in [3.05, 3.63) is 18.1 Å². The maximum absolute atomic E-state index is 12.1. The van der Waals surface area contributed by atoms with Crippen molar-refractivity contribution >= 4 is 16.0 Å². The number of anilines is 1. The Balaban J connectivity index is 2.06. The normalized spacial score (nSPS) is 17.8. The summed E-state index contributed by atoms with van der Waals surface area (Å²) in [6.45, 7) is 2.39. The average molecular weight is 327 g/mol. The molecule has 0 radical (unpaired) electrons. The van der Waals surface area contributed by atoms with E-state index in [0.29, 0.717) is 18.3 Å². The second kappa shape index (κ2) is 7.34. The van der Waals surface area contributed by atoms with Crippen molar-refractivity contribution in [2.24, 2.45) is 5.92 Å². The molecule has 1 aliphatic rings. The summed E-state index contributed by atoms with van der Waals surface area (Å²) in [6.07, 6.45) is 7.71. The van der Waals surface area contributed by atoms with E-state index in [1.807, 2.05) is 6.92 Å². The van der Waals surface area contributed by atoms with Gasteiger partial charge in [-0.3, -0.25) is 4.98 Å². The molecule has 1 aliphatic carbocycles. The summed E-state index contributed by atoms with van der Waals surface area (Å²) in [6, 6.07) is -0.142. The highest BCUT2D eigenvalue weighted by atomic mass is 32.2. The monoisotopic (exact) mass is 327 g/mol. The lowest BCUT2D eigenvalue weighted by molar-refractivity contribution is 0.399. The number of rotatable bonds is 7. The lowest BCUT2D eigenvalue weighted by Gasteiger charge is -2.26. The third-order valence-electron chi connectivity index (χ3n) is 4.12. The smallest absolute Gasteiger partial charge is 0.279 e. The predicted molar refractivity (Wildman–Crippen MR) is 86.7 cm³/mol. The van der Waals surface area contributed by atoms with E-state index in [0.717, 1.165) is 31.4 Å². The van der Waals surface area contributed by atoms with E-state index in [-0.39, 0.29) is 6.04 Å². The largest absolute Gasteiger partial charge is 0.367 e. The van der Waals surface area contributed by atoms with Crippen LogP contribution in [-0.2, 0) is 10.2 Å². The Kier molecular flexibility index (Phi) is 5.71. The summed E-state index contributed by atoms with van der Waals surface area (Å²) in [7, 11) is -0.370. The number of aryl methyl sites for hydroxylation is 1. The summed E-state index contributed by atoms with van der Waals surface area (Å²) < 4.78 is 28.3. The van der Waals surface area contributed by atoms with Crippen molar-refractivity contribution in [3.8, 4) is 0 Å². The van der Waals surface area contributed by atoms with Crippen LogP contribution in [-0.4, -0.2) is 49.4 Å². The fraction of sp³-hybridized carbons (Fsp3) is 0.714. The number of aromatic nitrogens is 2. The molecule has 2 N–H and O–H groups in total. The van der Waals surface area contributed by atoms with Crippen LogP contribution in [0.15, 0.2) is 12.4 Å². The van der Waals surface area contributed by atoms with Gasteiger partial charge >= 0.3 is 0 Å². The van der Waals surface area contributed by atoms with E-state index >= 15 is 0 Å². The minimum atomic E-state index is -3.44. The van der Waals surface area contributed by atoms with Crippen LogP contribution in [0.1, 0.15) is 31.4 Å². The van der Waals surface area contributed by atoms with Crippen molar-refractivity contribution in [1.29, 1.82) is 0 Å². The van der Waals surface area contributed by atoms with Gasteiger partial charge in [0, 0.05) is 39.1 Å². The van der Waals surface area contributed by atoms with Crippen LogP contribution in [0.4, 0.5) is 5.82 Å². The lowest BCUT2D eigenvalue weighted by Crippen LogP contribution is -2.48. The molecule has 7 nitrogen and oxygen atoms in total. The van der Waals surface area contributed by atoms with Crippen LogP contribution in [0.25, 0.3) is 0 Å². The van der Waals surface area contributed by atoms with Gasteiger partial charge in [-0.2, -0.15) is 17.4 Å². The molecule has 1 aromatic rings. The highest BCUT2D eigenvalue weighted by Crippen LogP contribution is 2.28. The molecule has 8 heteroatoms. The Labute approximate surface area is 132 Å². The maximum atomic E-state index is 12.1. The highest BCUT2D eigenvalue weighted by molar-refractivity contribution is 7.87. The Hall–Kier alpha value is -1.25. The number of hydrogen-bond acceptors (Lipinski definition) is 5. The molecule has 124 valence electrons. The second-order valence-electron chi connectivity index (χ2n) is 5.93. The predicted octanol–water partition coefficient (Wildman–Crippen LogP) is 1.15. The van der Waals surface area contributed by atoms with Gasteiger partial charge in [0.1, 0.15) is 5.82 Å². The van der Waals surface area contributed by atoms with Crippen molar-refractivity contribution < 1.29 is 8.42 Å². The number of nitrogens with one attached hydrogen (secondary N) is 2. The molecule has 1 saturated carbocycles. The Morgan fingerprint density at radius 2 is 1.91 bits per heavy atom. The number of hydrogen-bond donors (Lipinski definition) is 2. The zero-order valence-electron chi connectivity index (χ0n) is 13.4. The van der Waals surface area contributed by atoms with Crippen molar-refractivity contribution in [3.63, 3.8) is 0 Å². The minimum Gasteiger partial charge on any atom is -0.367 e. The summed E-state index contributed by atoms with van der Waals surface area (Å²) in [5.74, 6) is 1.06. The standard InChI is InChI=1S/C14H25N5O2S/c1-11-14(16-9-8-15-11)17-10-13(12-6-4-5-7-12)18-22(20,21)19(2)3/h8-9,12-13,18H,4-7,10H2,1-3H3,(H,16,17). The van der Waals surface area contributed by atoms with Gasteiger partial charge in [0.15, 0.2) is 0 Å². The zero-order valence-corrected chi connectivity index (χ0v) is 14.2. The molecule has 1 atom stereocenters. The van der Waals surface area contributed by atoms with Gasteiger partial charge < -0.3 is 5.32 Å². The van der Waals surface area contributed by atoms with E-state index in [1.165, 1.54) is 18.4 Å². The summed E-state index contributed by atoms with van der Waals surface area (Å²) in [4.78, 5) is 8.43. The molecule has 0 spiro atoms. The molecule has 0 bridgehead atoms. The van der Waals surface area contributed by atoms with Gasteiger partial charge in [-0.05, 0) is 25.7 Å². The molecular weight excluding hydrogens is 302 g/mol. The van der Waals surface area contributed by atoms with Crippen LogP contribution < -0.4 is 10.0 Å². The van der Waals surface area contributed by atoms with Gasteiger partial charge in [-0.15, -0.1) is 0 Å². The molecule has 1 unspecified atom stereocenters. The van der Waals surface area contributed by atoms with Gasteiger partial charge in [-0.25, -0.2) is 4.98 Å². The molecule has 0 aliphatic heterocycles.